The molecule has 0 aliphatic carbocycles. The zero-order chi connectivity index (χ0) is 14.4. The third-order valence-electron chi connectivity index (χ3n) is 3.84. The van der Waals surface area contributed by atoms with Gasteiger partial charge in [0.2, 0.25) is 0 Å². The number of hydrogen-bond acceptors (Lipinski definition) is 3. The zero-order valence-electron chi connectivity index (χ0n) is 12.3. The lowest BCUT2D eigenvalue weighted by Crippen LogP contribution is -2.33. The summed E-state index contributed by atoms with van der Waals surface area (Å²) in [5, 5.41) is 3.60. The highest BCUT2D eigenvalue weighted by Gasteiger charge is 2.21. The van der Waals surface area contributed by atoms with Gasteiger partial charge >= 0.3 is 0 Å². The molecule has 1 fully saturated rings. The van der Waals surface area contributed by atoms with E-state index in [1.54, 1.807) is 7.11 Å². The number of benzene rings is 1. The van der Waals surface area contributed by atoms with Crippen LogP contribution in [0.2, 0.25) is 0 Å². The van der Waals surface area contributed by atoms with E-state index < -0.39 is 0 Å². The maximum atomic E-state index is 5.49. The van der Waals surface area contributed by atoms with Crippen molar-refractivity contribution in [2.75, 3.05) is 26.9 Å². The lowest BCUT2D eigenvalue weighted by Gasteiger charge is -2.22. The fourth-order valence-corrected chi connectivity index (χ4v) is 3.28. The summed E-state index contributed by atoms with van der Waals surface area (Å²) < 4.78 is 12.1. The topological polar surface area (TPSA) is 30.5 Å². The molecule has 1 aliphatic heterocycles. The van der Waals surface area contributed by atoms with E-state index in [1.165, 1.54) is 18.4 Å². The minimum Gasteiger partial charge on any atom is -0.496 e. The summed E-state index contributed by atoms with van der Waals surface area (Å²) in [7, 11) is 1.74. The molecule has 2 rings (SSSR count). The summed E-state index contributed by atoms with van der Waals surface area (Å²) in [5.74, 6) is 1.66. The fraction of sp³-hybridized carbons (Fsp3) is 0.625. The molecule has 0 bridgehead atoms. The van der Waals surface area contributed by atoms with Gasteiger partial charge in [-0.25, -0.2) is 0 Å². The van der Waals surface area contributed by atoms with Crippen molar-refractivity contribution in [2.45, 2.75) is 32.2 Å². The number of ether oxygens (including phenoxy) is 2. The molecule has 3 nitrogen and oxygen atoms in total. The van der Waals surface area contributed by atoms with Crippen LogP contribution in [0, 0.1) is 5.92 Å². The van der Waals surface area contributed by atoms with Crippen molar-refractivity contribution in [1.29, 1.82) is 0 Å². The average molecular weight is 342 g/mol. The quantitative estimate of drug-likeness (QED) is 0.824. The first-order chi connectivity index (χ1) is 9.72. The molecule has 0 amide bonds. The molecule has 2 atom stereocenters. The van der Waals surface area contributed by atoms with Gasteiger partial charge in [-0.1, -0.05) is 22.9 Å². The highest BCUT2D eigenvalue weighted by Crippen LogP contribution is 2.26. The van der Waals surface area contributed by atoms with Gasteiger partial charge in [0.15, 0.2) is 0 Å². The van der Waals surface area contributed by atoms with Gasteiger partial charge in [-0.2, -0.15) is 0 Å². The Hall–Kier alpha value is -0.580. The van der Waals surface area contributed by atoms with Crippen LogP contribution in [-0.4, -0.2) is 32.9 Å². The van der Waals surface area contributed by atoms with Gasteiger partial charge in [-0.3, -0.25) is 0 Å². The molecular weight excluding hydrogens is 318 g/mol. The van der Waals surface area contributed by atoms with Crippen molar-refractivity contribution in [3.8, 4) is 5.75 Å². The molecule has 1 heterocycles. The first-order valence-electron chi connectivity index (χ1n) is 7.36. The van der Waals surface area contributed by atoms with Crippen LogP contribution in [0.15, 0.2) is 22.7 Å². The standard InChI is InChI=1S/C16H24BrNO2/c1-3-18-15(8-12-6-7-20-11-12)10-13-9-14(17)4-5-16(13)19-2/h4-5,9,12,15,18H,3,6-8,10-11H2,1-2H3. The molecule has 20 heavy (non-hydrogen) atoms. The maximum absolute atomic E-state index is 5.49. The Bertz CT molecular complexity index is 419. The van der Waals surface area contributed by atoms with Crippen molar-refractivity contribution in [1.82, 2.24) is 5.32 Å². The lowest BCUT2D eigenvalue weighted by molar-refractivity contribution is 0.181. The molecule has 1 aromatic carbocycles. The Balaban J connectivity index is 2.04. The first kappa shape index (κ1) is 15.8. The van der Waals surface area contributed by atoms with E-state index in [2.05, 4.69) is 34.2 Å². The minimum absolute atomic E-state index is 0.481. The zero-order valence-corrected chi connectivity index (χ0v) is 13.9. The monoisotopic (exact) mass is 341 g/mol. The predicted octanol–water partition coefficient (Wildman–Crippen LogP) is 3.40. The summed E-state index contributed by atoms with van der Waals surface area (Å²) in [4.78, 5) is 0. The molecule has 0 radical (unpaired) electrons. The molecule has 4 heteroatoms. The van der Waals surface area contributed by atoms with Crippen LogP contribution in [0.5, 0.6) is 5.75 Å². The van der Waals surface area contributed by atoms with Crippen LogP contribution < -0.4 is 10.1 Å². The third kappa shape index (κ3) is 4.47. The second-order valence-corrected chi connectivity index (χ2v) is 6.30. The molecule has 1 saturated heterocycles. The highest BCUT2D eigenvalue weighted by atomic mass is 79.9. The van der Waals surface area contributed by atoms with E-state index in [0.717, 1.165) is 36.4 Å². The smallest absolute Gasteiger partial charge is 0.122 e. The lowest BCUT2D eigenvalue weighted by atomic mass is 9.94. The first-order valence-corrected chi connectivity index (χ1v) is 8.15. The van der Waals surface area contributed by atoms with Gasteiger partial charge in [-0.15, -0.1) is 0 Å². The van der Waals surface area contributed by atoms with Gasteiger partial charge in [-0.05, 0) is 55.5 Å². The Kier molecular flexibility index (Phi) is 6.33. The molecule has 2 unspecified atom stereocenters. The Morgan fingerprint density at radius 2 is 2.35 bits per heavy atom. The predicted molar refractivity (Wildman–Crippen MR) is 85.4 cm³/mol. The van der Waals surface area contributed by atoms with Crippen LogP contribution in [-0.2, 0) is 11.2 Å². The summed E-state index contributed by atoms with van der Waals surface area (Å²) >= 11 is 3.55. The van der Waals surface area contributed by atoms with Gasteiger partial charge in [0, 0.05) is 23.7 Å². The van der Waals surface area contributed by atoms with Crippen molar-refractivity contribution in [2.24, 2.45) is 5.92 Å². The third-order valence-corrected chi connectivity index (χ3v) is 4.34. The number of rotatable bonds is 7. The van der Waals surface area contributed by atoms with Crippen LogP contribution >= 0.6 is 15.9 Å². The second kappa shape index (κ2) is 8.01. The number of halogens is 1. The van der Waals surface area contributed by atoms with Crippen LogP contribution in [0.3, 0.4) is 0 Å². The normalized spacial score (nSPS) is 20.1. The Labute approximate surface area is 130 Å². The molecule has 1 aliphatic rings. The molecule has 0 saturated carbocycles. The van der Waals surface area contributed by atoms with Gasteiger partial charge in [0.25, 0.3) is 0 Å². The van der Waals surface area contributed by atoms with E-state index >= 15 is 0 Å². The van der Waals surface area contributed by atoms with Crippen molar-refractivity contribution in [3.05, 3.63) is 28.2 Å². The van der Waals surface area contributed by atoms with E-state index in [4.69, 9.17) is 9.47 Å². The number of likely N-dealkylation sites (N-methyl/N-ethyl adjacent to an activating group) is 1. The second-order valence-electron chi connectivity index (χ2n) is 5.38. The van der Waals surface area contributed by atoms with E-state index in [9.17, 15) is 0 Å². The van der Waals surface area contributed by atoms with Crippen LogP contribution in [0.1, 0.15) is 25.3 Å². The molecular formula is C16H24BrNO2. The molecule has 0 aromatic heterocycles. The number of nitrogens with one attached hydrogen (secondary N) is 1. The SMILES string of the molecule is CCNC(Cc1cc(Br)ccc1OC)CC1CCOC1. The molecule has 1 aromatic rings. The Morgan fingerprint density at radius 3 is 3.00 bits per heavy atom. The molecule has 112 valence electrons. The fourth-order valence-electron chi connectivity index (χ4n) is 2.87. The number of methoxy groups -OCH3 is 1. The van der Waals surface area contributed by atoms with Crippen LogP contribution in [0.4, 0.5) is 0 Å². The maximum Gasteiger partial charge on any atom is 0.122 e. The summed E-state index contributed by atoms with van der Waals surface area (Å²) in [6.07, 6.45) is 3.36. The minimum atomic E-state index is 0.481. The molecule has 0 spiro atoms. The number of hydrogen-bond donors (Lipinski definition) is 1. The van der Waals surface area contributed by atoms with Crippen molar-refractivity contribution >= 4 is 15.9 Å². The van der Waals surface area contributed by atoms with Crippen LogP contribution in [0.25, 0.3) is 0 Å². The summed E-state index contributed by atoms with van der Waals surface area (Å²) in [6.45, 7) is 4.99. The largest absolute Gasteiger partial charge is 0.496 e. The highest BCUT2D eigenvalue weighted by molar-refractivity contribution is 9.10. The van der Waals surface area contributed by atoms with Gasteiger partial charge in [0.05, 0.1) is 7.11 Å². The molecule has 1 N–H and O–H groups in total. The van der Waals surface area contributed by atoms with Crippen molar-refractivity contribution < 1.29 is 9.47 Å². The van der Waals surface area contributed by atoms with E-state index in [0.29, 0.717) is 12.0 Å². The average Bonchev–Trinajstić information content (AvgIpc) is 2.92. The van der Waals surface area contributed by atoms with E-state index in [-0.39, 0.29) is 0 Å². The summed E-state index contributed by atoms with van der Waals surface area (Å²) in [5.41, 5.74) is 1.26. The van der Waals surface area contributed by atoms with Crippen molar-refractivity contribution in [3.63, 3.8) is 0 Å². The Morgan fingerprint density at radius 1 is 1.50 bits per heavy atom. The summed E-state index contributed by atoms with van der Waals surface area (Å²) in [6, 6.07) is 6.69. The van der Waals surface area contributed by atoms with Gasteiger partial charge in [0.1, 0.15) is 5.75 Å². The van der Waals surface area contributed by atoms with E-state index in [1.807, 2.05) is 12.1 Å². The van der Waals surface area contributed by atoms with Gasteiger partial charge < -0.3 is 14.8 Å².